The van der Waals surface area contributed by atoms with Gasteiger partial charge >= 0.3 is 12.0 Å². The Hall–Kier alpha value is -3.02. The van der Waals surface area contributed by atoms with E-state index in [0.717, 1.165) is 31.3 Å². The van der Waals surface area contributed by atoms with Crippen LogP contribution in [0, 0.1) is 5.82 Å². The first-order valence-corrected chi connectivity index (χ1v) is 14.6. The second-order valence-electron chi connectivity index (χ2n) is 10.1. The molecule has 2 aromatic rings. The van der Waals surface area contributed by atoms with Crippen LogP contribution in [-0.2, 0) is 27.7 Å². The lowest BCUT2D eigenvalue weighted by Gasteiger charge is -2.36. The van der Waals surface area contributed by atoms with E-state index in [0.29, 0.717) is 17.8 Å². The smallest absolute Gasteiger partial charge is 0.337 e. The second kappa shape index (κ2) is 11.8. The highest BCUT2D eigenvalue weighted by Gasteiger charge is 2.30. The van der Waals surface area contributed by atoms with Crippen molar-refractivity contribution in [1.29, 1.82) is 0 Å². The van der Waals surface area contributed by atoms with Gasteiger partial charge in [0, 0.05) is 56.1 Å². The molecule has 206 valence electrons. The molecule has 0 bridgehead atoms. The zero-order valence-corrected chi connectivity index (χ0v) is 22.8. The fourth-order valence-corrected chi connectivity index (χ4v) is 6.24. The molecule has 0 spiro atoms. The Morgan fingerprint density at radius 2 is 1.68 bits per heavy atom. The molecular weight excluding hydrogens is 511 g/mol. The van der Waals surface area contributed by atoms with Crippen molar-refractivity contribution in [3.63, 3.8) is 0 Å². The average Bonchev–Trinajstić information content (AvgIpc) is 2.87. The largest absolute Gasteiger partial charge is 0.465 e. The molecule has 2 aliphatic rings. The average molecular weight is 547 g/mol. The molecular formula is C27H35FN4O5S. The summed E-state index contributed by atoms with van der Waals surface area (Å²) in [6.45, 7) is 7.07. The van der Waals surface area contributed by atoms with Crippen LogP contribution >= 0.6 is 0 Å². The highest BCUT2D eigenvalue weighted by atomic mass is 32.2. The number of ether oxygens (including phenoxy) is 1. The maximum Gasteiger partial charge on any atom is 0.337 e. The van der Waals surface area contributed by atoms with Gasteiger partial charge < -0.3 is 15.0 Å². The fraction of sp³-hybridized carbons (Fsp3) is 0.481. The van der Waals surface area contributed by atoms with E-state index in [-0.39, 0.29) is 42.3 Å². The maximum absolute atomic E-state index is 15.0. The number of amides is 2. The number of nitrogens with one attached hydrogen (secondary N) is 1. The molecule has 2 fully saturated rings. The zero-order chi connectivity index (χ0) is 27.4. The number of benzene rings is 2. The SMILES string of the molecule is COC(=O)c1ccc(CN(C(=O)N2CCS(=O)(=O)CC2)c2ccc(CN3C[C@@H](C)N[C@@H](C)C3)cc2)c(F)c1. The molecule has 38 heavy (non-hydrogen) atoms. The molecule has 1 N–H and O–H groups in total. The van der Waals surface area contributed by atoms with Gasteiger partial charge in [0.2, 0.25) is 0 Å². The van der Waals surface area contributed by atoms with Crippen molar-refractivity contribution in [3.05, 3.63) is 65.0 Å². The van der Waals surface area contributed by atoms with Crippen LogP contribution in [0.25, 0.3) is 0 Å². The van der Waals surface area contributed by atoms with Crippen LogP contribution in [-0.4, -0.2) is 87.1 Å². The molecule has 0 saturated carbocycles. The summed E-state index contributed by atoms with van der Waals surface area (Å²) >= 11 is 0. The highest BCUT2D eigenvalue weighted by Crippen LogP contribution is 2.24. The normalized spacial score (nSPS) is 21.6. The number of halogens is 1. The van der Waals surface area contributed by atoms with Crippen molar-refractivity contribution in [1.82, 2.24) is 15.1 Å². The number of carbonyl (C=O) groups excluding carboxylic acids is 2. The predicted octanol–water partition coefficient (Wildman–Crippen LogP) is 2.65. The minimum atomic E-state index is -3.17. The Balaban J connectivity index is 1.56. The molecule has 9 nitrogen and oxygen atoms in total. The van der Waals surface area contributed by atoms with Crippen molar-refractivity contribution in [2.24, 2.45) is 0 Å². The summed E-state index contributed by atoms with van der Waals surface area (Å²) in [5, 5.41) is 3.52. The van der Waals surface area contributed by atoms with Crippen LogP contribution in [0.15, 0.2) is 42.5 Å². The number of piperazine rings is 1. The Bertz CT molecular complexity index is 1250. The third-order valence-corrected chi connectivity index (χ3v) is 8.54. The first kappa shape index (κ1) is 28.0. The maximum atomic E-state index is 15.0. The van der Waals surface area contributed by atoms with Crippen molar-refractivity contribution in [3.8, 4) is 0 Å². The molecule has 2 saturated heterocycles. The molecule has 0 unspecified atom stereocenters. The molecule has 2 atom stereocenters. The van der Waals surface area contributed by atoms with Crippen LogP contribution in [0.1, 0.15) is 35.3 Å². The van der Waals surface area contributed by atoms with Gasteiger partial charge in [-0.05, 0) is 43.7 Å². The summed E-state index contributed by atoms with van der Waals surface area (Å²) < 4.78 is 43.4. The number of hydrogen-bond donors (Lipinski definition) is 1. The number of rotatable bonds is 6. The Morgan fingerprint density at radius 1 is 1.05 bits per heavy atom. The fourth-order valence-electron chi connectivity index (χ4n) is 5.04. The Kier molecular flexibility index (Phi) is 8.69. The highest BCUT2D eigenvalue weighted by molar-refractivity contribution is 7.91. The van der Waals surface area contributed by atoms with Gasteiger partial charge in [0.15, 0.2) is 9.84 Å². The van der Waals surface area contributed by atoms with Gasteiger partial charge in [-0.15, -0.1) is 0 Å². The summed E-state index contributed by atoms with van der Waals surface area (Å²) in [6.07, 6.45) is 0. The number of carbonyl (C=O) groups is 2. The molecule has 2 aliphatic heterocycles. The van der Waals surface area contributed by atoms with Crippen LogP contribution in [0.5, 0.6) is 0 Å². The third kappa shape index (κ3) is 6.89. The van der Waals surface area contributed by atoms with Crippen molar-refractivity contribution >= 4 is 27.5 Å². The summed E-state index contributed by atoms with van der Waals surface area (Å²) in [5.74, 6) is -1.49. The predicted molar refractivity (Wildman–Crippen MR) is 143 cm³/mol. The summed E-state index contributed by atoms with van der Waals surface area (Å²) in [7, 11) is -1.95. The summed E-state index contributed by atoms with van der Waals surface area (Å²) in [4.78, 5) is 30.7. The van der Waals surface area contributed by atoms with Crippen LogP contribution < -0.4 is 10.2 Å². The molecule has 0 aliphatic carbocycles. The minimum absolute atomic E-state index is 0.0776. The zero-order valence-electron chi connectivity index (χ0n) is 22.0. The molecule has 11 heteroatoms. The van der Waals surface area contributed by atoms with E-state index in [1.807, 2.05) is 24.3 Å². The van der Waals surface area contributed by atoms with E-state index >= 15 is 0 Å². The van der Waals surface area contributed by atoms with Crippen LogP contribution in [0.3, 0.4) is 0 Å². The van der Waals surface area contributed by atoms with Crippen LogP contribution in [0.2, 0.25) is 0 Å². The first-order chi connectivity index (χ1) is 18.0. The number of nitrogens with zero attached hydrogens (tertiary/aromatic N) is 3. The molecule has 0 radical (unpaired) electrons. The van der Waals surface area contributed by atoms with Gasteiger partial charge in [0.25, 0.3) is 0 Å². The quantitative estimate of drug-likeness (QED) is 0.556. The molecule has 0 aromatic heterocycles. The standard InChI is InChI=1S/C27H35FN4O5S/c1-19-15-30(16-20(2)29-19)17-21-4-8-24(9-5-21)32(27(34)31-10-12-38(35,36)13-11-31)18-23-7-6-22(14-25(23)28)26(33)37-3/h4-9,14,19-20,29H,10-13,15-18H2,1-3H3/t19-,20+. The van der Waals surface area contributed by atoms with Gasteiger partial charge in [0.05, 0.1) is 30.7 Å². The van der Waals surface area contributed by atoms with Gasteiger partial charge in [-0.25, -0.2) is 22.4 Å². The minimum Gasteiger partial charge on any atom is -0.465 e. The number of hydrogen-bond acceptors (Lipinski definition) is 7. The van der Waals surface area contributed by atoms with E-state index < -0.39 is 27.7 Å². The molecule has 2 heterocycles. The van der Waals surface area contributed by atoms with Gasteiger partial charge in [-0.3, -0.25) is 9.80 Å². The van der Waals surface area contributed by atoms with E-state index in [1.165, 1.54) is 29.0 Å². The molecule has 4 rings (SSSR count). The lowest BCUT2D eigenvalue weighted by Crippen LogP contribution is -2.53. The number of methoxy groups -OCH3 is 1. The Morgan fingerprint density at radius 3 is 2.26 bits per heavy atom. The number of esters is 1. The van der Waals surface area contributed by atoms with Crippen molar-refractivity contribution < 1.29 is 27.1 Å². The topological polar surface area (TPSA) is 99.3 Å². The first-order valence-electron chi connectivity index (χ1n) is 12.8. The van der Waals surface area contributed by atoms with Gasteiger partial charge in [-0.2, -0.15) is 0 Å². The number of urea groups is 1. The van der Waals surface area contributed by atoms with E-state index in [1.54, 1.807) is 0 Å². The number of anilines is 1. The van der Waals surface area contributed by atoms with E-state index in [2.05, 4.69) is 28.8 Å². The van der Waals surface area contributed by atoms with Crippen molar-refractivity contribution in [2.75, 3.05) is 49.7 Å². The lowest BCUT2D eigenvalue weighted by atomic mass is 10.1. The van der Waals surface area contributed by atoms with E-state index in [4.69, 9.17) is 0 Å². The Labute approximate surface area is 223 Å². The lowest BCUT2D eigenvalue weighted by molar-refractivity contribution is 0.0600. The van der Waals surface area contributed by atoms with E-state index in [9.17, 15) is 22.4 Å². The second-order valence-corrected chi connectivity index (χ2v) is 12.4. The molecule has 2 aromatic carbocycles. The van der Waals surface area contributed by atoms with Crippen LogP contribution in [0.4, 0.5) is 14.9 Å². The van der Waals surface area contributed by atoms with Gasteiger partial charge in [-0.1, -0.05) is 18.2 Å². The molecule has 2 amide bonds. The monoisotopic (exact) mass is 546 g/mol. The third-order valence-electron chi connectivity index (χ3n) is 6.94. The number of sulfone groups is 1. The summed E-state index contributed by atoms with van der Waals surface area (Å²) in [6, 6.07) is 12.0. The van der Waals surface area contributed by atoms with Gasteiger partial charge in [0.1, 0.15) is 5.82 Å². The van der Waals surface area contributed by atoms with Crippen molar-refractivity contribution in [2.45, 2.75) is 39.0 Å². The summed E-state index contributed by atoms with van der Waals surface area (Å²) in [5.41, 5.74) is 1.98.